The van der Waals surface area contributed by atoms with Crippen molar-refractivity contribution < 1.29 is 14.3 Å². The Hall–Kier alpha value is -2.44. The van der Waals surface area contributed by atoms with Gasteiger partial charge in [-0.3, -0.25) is 4.79 Å². The van der Waals surface area contributed by atoms with Crippen LogP contribution in [0.5, 0.6) is 5.75 Å². The maximum atomic E-state index is 12.3. The van der Waals surface area contributed by atoms with Crippen LogP contribution in [0.1, 0.15) is 11.8 Å². The van der Waals surface area contributed by atoms with Crippen molar-refractivity contribution >= 4 is 5.91 Å². The molecular formula is C20H25N3O3. The fourth-order valence-electron chi connectivity index (χ4n) is 2.98. The standard InChI is InChI=1S/C20H25N3O3/c1-22(2)14-20(24)23-11-12-26-19(13-23)18-6-4-5-17(21-18)15-7-9-16(25-3)10-8-15/h4-10,19H,11-14H2,1-3H3. The highest BCUT2D eigenvalue weighted by Gasteiger charge is 2.26. The average molecular weight is 355 g/mol. The van der Waals surface area contributed by atoms with Gasteiger partial charge in [0.25, 0.3) is 0 Å². The van der Waals surface area contributed by atoms with E-state index in [1.54, 1.807) is 7.11 Å². The van der Waals surface area contributed by atoms with E-state index in [0.717, 1.165) is 22.7 Å². The molecule has 6 nitrogen and oxygen atoms in total. The van der Waals surface area contributed by atoms with Crippen LogP contribution in [0, 0.1) is 0 Å². The van der Waals surface area contributed by atoms with Crippen molar-refractivity contribution in [2.24, 2.45) is 0 Å². The van der Waals surface area contributed by atoms with Crippen LogP contribution in [0.3, 0.4) is 0 Å². The first-order chi connectivity index (χ1) is 12.6. The van der Waals surface area contributed by atoms with Crippen LogP contribution in [0.2, 0.25) is 0 Å². The van der Waals surface area contributed by atoms with Crippen LogP contribution < -0.4 is 4.74 Å². The Labute approximate surface area is 154 Å². The quantitative estimate of drug-likeness (QED) is 0.823. The lowest BCUT2D eigenvalue weighted by Crippen LogP contribution is -2.45. The lowest BCUT2D eigenvalue weighted by molar-refractivity contribution is -0.139. The van der Waals surface area contributed by atoms with E-state index in [4.69, 9.17) is 14.5 Å². The van der Waals surface area contributed by atoms with Crippen LogP contribution in [0.4, 0.5) is 0 Å². The minimum atomic E-state index is -0.201. The van der Waals surface area contributed by atoms with Gasteiger partial charge in [-0.05, 0) is 50.5 Å². The lowest BCUT2D eigenvalue weighted by Gasteiger charge is -2.33. The van der Waals surface area contributed by atoms with E-state index in [9.17, 15) is 4.79 Å². The normalized spacial score (nSPS) is 17.4. The highest BCUT2D eigenvalue weighted by atomic mass is 16.5. The molecule has 1 aliphatic rings. The Morgan fingerprint density at radius 1 is 1.27 bits per heavy atom. The predicted molar refractivity (Wildman–Crippen MR) is 100 cm³/mol. The number of benzene rings is 1. The Balaban J connectivity index is 1.75. The van der Waals surface area contributed by atoms with E-state index in [-0.39, 0.29) is 12.0 Å². The first-order valence-corrected chi connectivity index (χ1v) is 8.72. The molecular weight excluding hydrogens is 330 g/mol. The van der Waals surface area contributed by atoms with Gasteiger partial charge in [0.1, 0.15) is 11.9 Å². The minimum Gasteiger partial charge on any atom is -0.497 e. The molecule has 0 N–H and O–H groups in total. The lowest BCUT2D eigenvalue weighted by atomic mass is 10.1. The number of carbonyl (C=O) groups excluding carboxylic acids is 1. The average Bonchev–Trinajstić information content (AvgIpc) is 2.68. The summed E-state index contributed by atoms with van der Waals surface area (Å²) in [5, 5.41) is 0. The van der Waals surface area contributed by atoms with E-state index < -0.39 is 0 Å². The summed E-state index contributed by atoms with van der Waals surface area (Å²) in [4.78, 5) is 20.8. The molecule has 26 heavy (non-hydrogen) atoms. The van der Waals surface area contributed by atoms with Crippen molar-refractivity contribution in [3.63, 3.8) is 0 Å². The summed E-state index contributed by atoms with van der Waals surface area (Å²) in [6, 6.07) is 13.7. The van der Waals surface area contributed by atoms with Gasteiger partial charge in [0, 0.05) is 12.1 Å². The maximum Gasteiger partial charge on any atom is 0.236 e. The van der Waals surface area contributed by atoms with Crippen LogP contribution in [-0.4, -0.2) is 68.1 Å². The molecule has 1 atom stereocenters. The van der Waals surface area contributed by atoms with Gasteiger partial charge in [-0.15, -0.1) is 0 Å². The van der Waals surface area contributed by atoms with E-state index >= 15 is 0 Å². The fraction of sp³-hybridized carbons (Fsp3) is 0.400. The Morgan fingerprint density at radius 3 is 2.73 bits per heavy atom. The molecule has 1 unspecified atom stereocenters. The highest BCUT2D eigenvalue weighted by Crippen LogP contribution is 2.25. The van der Waals surface area contributed by atoms with Gasteiger partial charge in [0.2, 0.25) is 5.91 Å². The van der Waals surface area contributed by atoms with Gasteiger partial charge in [-0.1, -0.05) is 6.07 Å². The predicted octanol–water partition coefficient (Wildman–Crippen LogP) is 2.22. The molecule has 2 heterocycles. The molecule has 1 aromatic carbocycles. The van der Waals surface area contributed by atoms with Crippen LogP contribution >= 0.6 is 0 Å². The smallest absolute Gasteiger partial charge is 0.236 e. The van der Waals surface area contributed by atoms with Crippen molar-refractivity contribution in [3.05, 3.63) is 48.2 Å². The summed E-state index contributed by atoms with van der Waals surface area (Å²) in [6.45, 7) is 2.09. The topological polar surface area (TPSA) is 54.9 Å². The largest absolute Gasteiger partial charge is 0.497 e. The van der Waals surface area contributed by atoms with Gasteiger partial charge in [0.05, 0.1) is 38.2 Å². The number of methoxy groups -OCH3 is 1. The van der Waals surface area contributed by atoms with Gasteiger partial charge in [0.15, 0.2) is 0 Å². The summed E-state index contributed by atoms with van der Waals surface area (Å²) >= 11 is 0. The number of rotatable bonds is 5. The Kier molecular flexibility index (Phi) is 5.85. The number of amides is 1. The monoisotopic (exact) mass is 355 g/mol. The zero-order valence-corrected chi connectivity index (χ0v) is 15.5. The third-order valence-corrected chi connectivity index (χ3v) is 4.36. The third kappa shape index (κ3) is 4.39. The SMILES string of the molecule is COc1ccc(-c2cccc(C3CN(C(=O)CN(C)C)CCO3)n2)cc1. The van der Waals surface area contributed by atoms with Crippen molar-refractivity contribution in [1.29, 1.82) is 0 Å². The van der Waals surface area contributed by atoms with Gasteiger partial charge in [-0.2, -0.15) is 0 Å². The molecule has 0 bridgehead atoms. The molecule has 1 amide bonds. The molecule has 6 heteroatoms. The first kappa shape index (κ1) is 18.4. The first-order valence-electron chi connectivity index (χ1n) is 8.72. The molecule has 138 valence electrons. The number of aromatic nitrogens is 1. The van der Waals surface area contributed by atoms with E-state index in [0.29, 0.717) is 26.2 Å². The Bertz CT molecular complexity index is 746. The highest BCUT2D eigenvalue weighted by molar-refractivity contribution is 5.78. The van der Waals surface area contributed by atoms with Gasteiger partial charge < -0.3 is 19.3 Å². The molecule has 1 fully saturated rings. The van der Waals surface area contributed by atoms with Crippen molar-refractivity contribution in [2.75, 3.05) is 47.4 Å². The zero-order chi connectivity index (χ0) is 18.5. The molecule has 1 saturated heterocycles. The Morgan fingerprint density at radius 2 is 2.04 bits per heavy atom. The molecule has 3 rings (SSSR count). The number of pyridine rings is 1. The van der Waals surface area contributed by atoms with Crippen molar-refractivity contribution in [1.82, 2.24) is 14.8 Å². The van der Waals surface area contributed by atoms with Crippen LogP contribution in [0.25, 0.3) is 11.3 Å². The van der Waals surface area contributed by atoms with Gasteiger partial charge >= 0.3 is 0 Å². The van der Waals surface area contributed by atoms with Crippen molar-refractivity contribution in [3.8, 4) is 17.0 Å². The number of ether oxygens (including phenoxy) is 2. The molecule has 2 aromatic rings. The molecule has 1 aromatic heterocycles. The van der Waals surface area contributed by atoms with E-state index in [1.807, 2.05) is 66.4 Å². The third-order valence-electron chi connectivity index (χ3n) is 4.36. The second-order valence-electron chi connectivity index (χ2n) is 6.61. The maximum absolute atomic E-state index is 12.3. The number of hydrogen-bond acceptors (Lipinski definition) is 5. The van der Waals surface area contributed by atoms with E-state index in [1.165, 1.54) is 0 Å². The minimum absolute atomic E-state index is 0.120. The van der Waals surface area contributed by atoms with Crippen LogP contribution in [0.15, 0.2) is 42.5 Å². The van der Waals surface area contributed by atoms with Crippen LogP contribution in [-0.2, 0) is 9.53 Å². The summed E-state index contributed by atoms with van der Waals surface area (Å²) in [5.41, 5.74) is 2.75. The van der Waals surface area contributed by atoms with Gasteiger partial charge in [-0.25, -0.2) is 4.98 Å². The molecule has 0 spiro atoms. The fourth-order valence-corrected chi connectivity index (χ4v) is 2.98. The number of morpholine rings is 1. The summed E-state index contributed by atoms with van der Waals surface area (Å²) in [6.07, 6.45) is -0.201. The summed E-state index contributed by atoms with van der Waals surface area (Å²) in [7, 11) is 5.45. The molecule has 0 radical (unpaired) electrons. The number of nitrogens with zero attached hydrogens (tertiary/aromatic N) is 3. The van der Waals surface area contributed by atoms with Crippen molar-refractivity contribution in [2.45, 2.75) is 6.10 Å². The van der Waals surface area contributed by atoms with E-state index in [2.05, 4.69) is 0 Å². The second kappa shape index (κ2) is 8.29. The molecule has 1 aliphatic heterocycles. The zero-order valence-electron chi connectivity index (χ0n) is 15.5. The summed E-state index contributed by atoms with van der Waals surface area (Å²) < 4.78 is 11.1. The number of carbonyl (C=O) groups is 1. The second-order valence-corrected chi connectivity index (χ2v) is 6.61. The molecule has 0 saturated carbocycles. The summed E-state index contributed by atoms with van der Waals surface area (Å²) in [5.74, 6) is 0.935. The molecule has 0 aliphatic carbocycles. The number of hydrogen-bond donors (Lipinski definition) is 0. The number of likely N-dealkylation sites (N-methyl/N-ethyl adjacent to an activating group) is 1.